The molecule has 0 fully saturated rings. The van der Waals surface area contributed by atoms with Gasteiger partial charge in [-0.2, -0.15) is 0 Å². The van der Waals surface area contributed by atoms with Crippen molar-refractivity contribution >= 4 is 24.0 Å². The average molecular weight is 251 g/mol. The second-order valence-corrected chi connectivity index (χ2v) is 3.35. The van der Waals surface area contributed by atoms with Gasteiger partial charge in [-0.25, -0.2) is 0 Å². The predicted octanol–water partition coefficient (Wildman–Crippen LogP) is 1.60. The highest BCUT2D eigenvalue weighted by Crippen LogP contribution is 2.28. The van der Waals surface area contributed by atoms with Gasteiger partial charge in [-0.1, -0.05) is 12.2 Å². The zero-order chi connectivity index (χ0) is 13.7. The first kappa shape index (κ1) is 13.4. The number of hydrogen-bond acceptors (Lipinski definition) is 5. The first-order chi connectivity index (χ1) is 8.45. The second-order valence-electron chi connectivity index (χ2n) is 3.35. The molecule has 1 aromatic carbocycles. The van der Waals surface area contributed by atoms with E-state index in [0.29, 0.717) is 0 Å². The zero-order valence-corrected chi connectivity index (χ0v) is 9.07. The number of carbonyl (C=O) groups excluding carboxylic acids is 1. The molecular formula is C11H9NO6. The van der Waals surface area contributed by atoms with E-state index in [4.69, 9.17) is 5.11 Å². The van der Waals surface area contributed by atoms with Crippen molar-refractivity contribution in [1.82, 2.24) is 0 Å². The van der Waals surface area contributed by atoms with Gasteiger partial charge in [0.25, 0.3) is 5.69 Å². The van der Waals surface area contributed by atoms with Crippen molar-refractivity contribution in [3.05, 3.63) is 39.4 Å². The Morgan fingerprint density at radius 3 is 2.50 bits per heavy atom. The average Bonchev–Trinajstić information content (AvgIpc) is 2.30. The highest BCUT2D eigenvalue weighted by molar-refractivity contribution is 5.84. The fourth-order valence-electron chi connectivity index (χ4n) is 1.27. The van der Waals surface area contributed by atoms with Crippen LogP contribution in [0.4, 0.5) is 5.69 Å². The van der Waals surface area contributed by atoms with Gasteiger partial charge in [-0.05, 0) is 0 Å². The second kappa shape index (κ2) is 5.58. The molecule has 94 valence electrons. The highest BCUT2D eigenvalue weighted by Gasteiger charge is 2.14. The molecule has 7 heteroatoms. The summed E-state index contributed by atoms with van der Waals surface area (Å²) in [6.07, 6.45) is 2.43. The molecule has 0 heterocycles. The molecule has 0 aliphatic carbocycles. The molecule has 2 N–H and O–H groups in total. The number of nitrogens with zero attached hydrogens (tertiary/aromatic N) is 1. The SMILES string of the molecule is O=Cc1cc([N+](=O)[O-])cc(C=CCC(=O)O)c1O. The van der Waals surface area contributed by atoms with E-state index < -0.39 is 16.6 Å². The van der Waals surface area contributed by atoms with Crippen LogP contribution in [0.3, 0.4) is 0 Å². The van der Waals surface area contributed by atoms with Gasteiger partial charge in [-0.15, -0.1) is 0 Å². The maximum Gasteiger partial charge on any atom is 0.307 e. The number of nitro groups is 1. The number of aldehydes is 1. The lowest BCUT2D eigenvalue weighted by atomic mass is 10.1. The van der Waals surface area contributed by atoms with E-state index in [2.05, 4.69) is 0 Å². The van der Waals surface area contributed by atoms with Gasteiger partial charge >= 0.3 is 5.97 Å². The topological polar surface area (TPSA) is 118 Å². The van der Waals surface area contributed by atoms with Crippen molar-refractivity contribution in [2.45, 2.75) is 6.42 Å². The predicted molar refractivity (Wildman–Crippen MR) is 61.4 cm³/mol. The van der Waals surface area contributed by atoms with Crippen LogP contribution >= 0.6 is 0 Å². The number of rotatable bonds is 5. The molecular weight excluding hydrogens is 242 g/mol. The van der Waals surface area contributed by atoms with Crippen molar-refractivity contribution in [3.63, 3.8) is 0 Å². The summed E-state index contributed by atoms with van der Waals surface area (Å²) in [5.74, 6) is -1.50. The minimum atomic E-state index is -1.08. The van der Waals surface area contributed by atoms with Gasteiger partial charge in [0.15, 0.2) is 6.29 Å². The van der Waals surface area contributed by atoms with Gasteiger partial charge in [-0.3, -0.25) is 19.7 Å². The van der Waals surface area contributed by atoms with Crippen LogP contribution in [-0.4, -0.2) is 27.4 Å². The van der Waals surface area contributed by atoms with Crippen LogP contribution in [0.25, 0.3) is 6.08 Å². The third kappa shape index (κ3) is 3.14. The molecule has 0 aliphatic heterocycles. The van der Waals surface area contributed by atoms with E-state index in [1.54, 1.807) is 0 Å². The van der Waals surface area contributed by atoms with Crippen molar-refractivity contribution in [3.8, 4) is 5.75 Å². The number of carboxylic acid groups (broad SMARTS) is 1. The van der Waals surface area contributed by atoms with E-state index >= 15 is 0 Å². The quantitative estimate of drug-likeness (QED) is 0.466. The van der Waals surface area contributed by atoms with Crippen LogP contribution in [0.1, 0.15) is 22.3 Å². The Hall–Kier alpha value is -2.70. The number of nitro benzene ring substituents is 1. The van der Waals surface area contributed by atoms with Gasteiger partial charge in [0.2, 0.25) is 0 Å². The summed E-state index contributed by atoms with van der Waals surface area (Å²) in [5.41, 5.74) is -0.559. The number of non-ortho nitro benzene ring substituents is 1. The van der Waals surface area contributed by atoms with Gasteiger partial charge < -0.3 is 10.2 Å². The van der Waals surface area contributed by atoms with Crippen molar-refractivity contribution in [2.75, 3.05) is 0 Å². The number of carbonyl (C=O) groups is 2. The maximum absolute atomic E-state index is 10.6. The summed E-state index contributed by atoms with van der Waals surface area (Å²) in [6, 6.07) is 2.00. The lowest BCUT2D eigenvalue weighted by Crippen LogP contribution is -1.93. The standard InChI is InChI=1S/C11H9NO6/c13-6-8-5-9(12(17)18)4-7(11(8)16)2-1-3-10(14)15/h1-2,4-6,16H,3H2,(H,14,15). The van der Waals surface area contributed by atoms with E-state index in [9.17, 15) is 24.8 Å². The molecule has 0 saturated heterocycles. The molecule has 0 saturated carbocycles. The maximum atomic E-state index is 10.6. The Kier molecular flexibility index (Phi) is 4.14. The van der Waals surface area contributed by atoms with E-state index in [1.165, 1.54) is 12.2 Å². The third-order valence-electron chi connectivity index (χ3n) is 2.08. The molecule has 0 radical (unpaired) electrons. The van der Waals surface area contributed by atoms with Crippen LogP contribution in [-0.2, 0) is 4.79 Å². The highest BCUT2D eigenvalue weighted by atomic mass is 16.6. The van der Waals surface area contributed by atoms with Gasteiger partial charge in [0.05, 0.1) is 16.9 Å². The third-order valence-corrected chi connectivity index (χ3v) is 2.08. The first-order valence-corrected chi connectivity index (χ1v) is 4.80. The Morgan fingerprint density at radius 1 is 1.39 bits per heavy atom. The van der Waals surface area contributed by atoms with Crippen molar-refractivity contribution in [2.24, 2.45) is 0 Å². The lowest BCUT2D eigenvalue weighted by molar-refractivity contribution is -0.384. The molecule has 0 bridgehead atoms. The molecule has 0 aliphatic rings. The minimum absolute atomic E-state index is 0.0209. The van der Waals surface area contributed by atoms with E-state index in [0.717, 1.165) is 12.1 Å². The van der Waals surface area contributed by atoms with Crippen molar-refractivity contribution < 1.29 is 24.7 Å². The van der Waals surface area contributed by atoms with Crippen molar-refractivity contribution in [1.29, 1.82) is 0 Å². The fraction of sp³-hybridized carbons (Fsp3) is 0.0909. The summed E-state index contributed by atoms with van der Waals surface area (Å²) in [4.78, 5) is 30.8. The Labute approximate surface area is 101 Å². The normalized spacial score (nSPS) is 10.4. The molecule has 0 aromatic heterocycles. The molecule has 7 nitrogen and oxygen atoms in total. The molecule has 0 atom stereocenters. The smallest absolute Gasteiger partial charge is 0.307 e. The molecule has 0 amide bonds. The molecule has 1 rings (SSSR count). The Balaban J connectivity index is 3.20. The summed E-state index contributed by atoms with van der Waals surface area (Å²) in [6.45, 7) is 0. The monoisotopic (exact) mass is 251 g/mol. The van der Waals surface area contributed by atoms with Crippen LogP contribution in [0.5, 0.6) is 5.75 Å². The minimum Gasteiger partial charge on any atom is -0.507 e. The summed E-state index contributed by atoms with van der Waals surface area (Å²) in [7, 11) is 0. The molecule has 1 aromatic rings. The number of phenolic OH excluding ortho intramolecular Hbond substituents is 1. The number of aromatic hydroxyl groups is 1. The number of carboxylic acids is 1. The zero-order valence-electron chi connectivity index (χ0n) is 9.07. The van der Waals surface area contributed by atoms with Crippen LogP contribution in [0, 0.1) is 10.1 Å². The number of benzene rings is 1. The fourth-order valence-corrected chi connectivity index (χ4v) is 1.27. The molecule has 18 heavy (non-hydrogen) atoms. The van der Waals surface area contributed by atoms with Gasteiger partial charge in [0.1, 0.15) is 5.75 Å². The molecule has 0 spiro atoms. The number of aliphatic carboxylic acids is 1. The largest absolute Gasteiger partial charge is 0.507 e. The number of phenols is 1. The summed E-state index contributed by atoms with van der Waals surface area (Å²) in [5, 5.41) is 28.6. The molecule has 0 unspecified atom stereocenters. The Bertz CT molecular complexity index is 535. The van der Waals surface area contributed by atoms with E-state index in [-0.39, 0.29) is 29.5 Å². The van der Waals surface area contributed by atoms with Crippen LogP contribution in [0.2, 0.25) is 0 Å². The summed E-state index contributed by atoms with van der Waals surface area (Å²) < 4.78 is 0. The Morgan fingerprint density at radius 2 is 2.00 bits per heavy atom. The van der Waals surface area contributed by atoms with Gasteiger partial charge in [0, 0.05) is 17.7 Å². The van der Waals surface area contributed by atoms with Crippen LogP contribution in [0.15, 0.2) is 18.2 Å². The lowest BCUT2D eigenvalue weighted by Gasteiger charge is -2.02. The first-order valence-electron chi connectivity index (χ1n) is 4.80. The van der Waals surface area contributed by atoms with Crippen LogP contribution < -0.4 is 0 Å². The number of hydrogen-bond donors (Lipinski definition) is 2. The van der Waals surface area contributed by atoms with E-state index in [1.807, 2.05) is 0 Å². The summed E-state index contributed by atoms with van der Waals surface area (Å²) >= 11 is 0.